The van der Waals surface area contributed by atoms with Crippen LogP contribution >= 0.6 is 0 Å². The number of amides is 3. The Labute approximate surface area is 111 Å². The van der Waals surface area contributed by atoms with Gasteiger partial charge in [0.2, 0.25) is 5.91 Å². The summed E-state index contributed by atoms with van der Waals surface area (Å²) in [5.74, 6) is -1.87. The lowest BCUT2D eigenvalue weighted by Gasteiger charge is -2.25. The molecule has 0 fully saturated rings. The van der Waals surface area contributed by atoms with Gasteiger partial charge >= 0.3 is 12.0 Å². The summed E-state index contributed by atoms with van der Waals surface area (Å²) in [6.07, 6.45) is -0.0610. The molecule has 1 unspecified atom stereocenters. The van der Waals surface area contributed by atoms with Crippen LogP contribution in [0, 0.1) is 11.3 Å². The molecule has 0 rings (SSSR count). The maximum atomic E-state index is 11.7. The Morgan fingerprint density at radius 2 is 2.05 bits per heavy atom. The molecule has 8 heteroatoms. The third-order valence-electron chi connectivity index (χ3n) is 2.64. The predicted octanol–water partition coefficient (Wildman–Crippen LogP) is -0.351. The van der Waals surface area contributed by atoms with E-state index in [1.54, 1.807) is 6.92 Å². The summed E-state index contributed by atoms with van der Waals surface area (Å²) in [5.41, 5.74) is 4.93. The van der Waals surface area contributed by atoms with Crippen LogP contribution in [0.1, 0.15) is 26.2 Å². The lowest BCUT2D eigenvalue weighted by Crippen LogP contribution is -2.49. The molecule has 4 N–H and O–H groups in total. The molecule has 2 atom stereocenters. The van der Waals surface area contributed by atoms with Crippen molar-refractivity contribution in [1.29, 1.82) is 5.26 Å². The fourth-order valence-electron chi connectivity index (χ4n) is 1.26. The lowest BCUT2D eigenvalue weighted by molar-refractivity contribution is -0.139. The van der Waals surface area contributed by atoms with Crippen LogP contribution in [-0.2, 0) is 9.59 Å². The molecule has 0 bridgehead atoms. The van der Waals surface area contributed by atoms with E-state index in [0.29, 0.717) is 0 Å². The number of carboxylic acid groups (broad SMARTS) is 1. The zero-order valence-corrected chi connectivity index (χ0v) is 10.9. The Kier molecular flexibility index (Phi) is 6.96. The van der Waals surface area contributed by atoms with Crippen LogP contribution in [-0.4, -0.2) is 47.0 Å². The number of rotatable bonds is 7. The number of aliphatic carboxylic acids is 1. The number of hydrogen-bond acceptors (Lipinski definition) is 4. The SMILES string of the molecule is CC(CC#N)N(C)C(=O)N[C@@H](CCC(N)=O)C(=O)O. The van der Waals surface area contributed by atoms with Gasteiger partial charge in [-0.05, 0) is 13.3 Å². The molecule has 0 saturated carbocycles. The van der Waals surface area contributed by atoms with E-state index in [1.807, 2.05) is 6.07 Å². The van der Waals surface area contributed by atoms with Gasteiger partial charge in [0, 0.05) is 19.5 Å². The van der Waals surface area contributed by atoms with Crippen LogP contribution in [0.2, 0.25) is 0 Å². The minimum Gasteiger partial charge on any atom is -0.480 e. The minimum absolute atomic E-state index is 0.0725. The summed E-state index contributed by atoms with van der Waals surface area (Å²) < 4.78 is 0. The molecule has 0 radical (unpaired) electrons. The van der Waals surface area contributed by atoms with E-state index in [9.17, 15) is 14.4 Å². The molecule has 0 heterocycles. The number of hydrogen-bond donors (Lipinski definition) is 3. The number of nitriles is 1. The topological polar surface area (TPSA) is 137 Å². The highest BCUT2D eigenvalue weighted by Gasteiger charge is 2.23. The average Bonchev–Trinajstić information content (AvgIpc) is 2.32. The zero-order valence-electron chi connectivity index (χ0n) is 10.9. The predicted molar refractivity (Wildman–Crippen MR) is 65.8 cm³/mol. The fourth-order valence-corrected chi connectivity index (χ4v) is 1.26. The van der Waals surface area contributed by atoms with Gasteiger partial charge in [0.05, 0.1) is 12.5 Å². The molecule has 0 saturated heterocycles. The molecule has 0 aromatic rings. The van der Waals surface area contributed by atoms with Gasteiger partial charge in [0.25, 0.3) is 0 Å². The van der Waals surface area contributed by atoms with Crippen molar-refractivity contribution < 1.29 is 19.5 Å². The molecular weight excluding hydrogens is 252 g/mol. The second-order valence-corrected chi connectivity index (χ2v) is 4.17. The highest BCUT2D eigenvalue weighted by molar-refractivity contribution is 5.83. The average molecular weight is 270 g/mol. The van der Waals surface area contributed by atoms with Crippen LogP contribution in [0.5, 0.6) is 0 Å². The van der Waals surface area contributed by atoms with Crippen LogP contribution in [0.15, 0.2) is 0 Å². The number of primary amides is 1. The molecule has 0 aromatic carbocycles. The van der Waals surface area contributed by atoms with Crippen molar-refractivity contribution in [3.8, 4) is 6.07 Å². The summed E-state index contributed by atoms with van der Waals surface area (Å²) in [6, 6.07) is -0.212. The highest BCUT2D eigenvalue weighted by atomic mass is 16.4. The van der Waals surface area contributed by atoms with Crippen molar-refractivity contribution in [3.05, 3.63) is 0 Å². The van der Waals surface area contributed by atoms with E-state index in [-0.39, 0.29) is 25.3 Å². The van der Waals surface area contributed by atoms with Crippen LogP contribution in [0.4, 0.5) is 4.79 Å². The summed E-state index contributed by atoms with van der Waals surface area (Å²) in [6.45, 7) is 1.67. The van der Waals surface area contributed by atoms with Crippen molar-refractivity contribution in [1.82, 2.24) is 10.2 Å². The van der Waals surface area contributed by atoms with E-state index in [1.165, 1.54) is 11.9 Å². The van der Waals surface area contributed by atoms with E-state index in [2.05, 4.69) is 5.32 Å². The fraction of sp³-hybridized carbons (Fsp3) is 0.636. The quantitative estimate of drug-likeness (QED) is 0.580. The zero-order chi connectivity index (χ0) is 15.0. The largest absolute Gasteiger partial charge is 0.480 e. The van der Waals surface area contributed by atoms with Gasteiger partial charge in [-0.15, -0.1) is 0 Å². The van der Waals surface area contributed by atoms with Gasteiger partial charge in [-0.1, -0.05) is 0 Å². The first-order valence-corrected chi connectivity index (χ1v) is 5.71. The summed E-state index contributed by atoms with van der Waals surface area (Å²) in [5, 5.41) is 19.7. The molecule has 0 aliphatic carbocycles. The molecule has 106 valence electrons. The Morgan fingerprint density at radius 1 is 1.47 bits per heavy atom. The number of nitrogens with one attached hydrogen (secondary N) is 1. The standard InChI is InChI=1S/C11H18N4O4/c1-7(5-6-12)15(2)11(19)14-8(10(17)18)3-4-9(13)16/h7-8H,3-5H2,1-2H3,(H2,13,16)(H,14,19)(H,17,18)/t7?,8-/m0/s1. The van der Waals surface area contributed by atoms with Crippen molar-refractivity contribution in [2.24, 2.45) is 5.73 Å². The number of nitrogens with two attached hydrogens (primary N) is 1. The molecule has 8 nitrogen and oxygen atoms in total. The number of carboxylic acids is 1. The van der Waals surface area contributed by atoms with Crippen LogP contribution < -0.4 is 11.1 Å². The second-order valence-electron chi connectivity index (χ2n) is 4.17. The molecule has 3 amide bonds. The highest BCUT2D eigenvalue weighted by Crippen LogP contribution is 2.03. The number of urea groups is 1. The number of carbonyl (C=O) groups is 3. The smallest absolute Gasteiger partial charge is 0.326 e. The van der Waals surface area contributed by atoms with Crippen molar-refractivity contribution >= 4 is 17.9 Å². The molecule has 19 heavy (non-hydrogen) atoms. The Morgan fingerprint density at radius 3 is 2.47 bits per heavy atom. The molecule has 0 aliphatic rings. The Balaban J connectivity index is 4.50. The van der Waals surface area contributed by atoms with Crippen LogP contribution in [0.25, 0.3) is 0 Å². The molecule has 0 aliphatic heterocycles. The summed E-state index contributed by atoms with van der Waals surface area (Å²) in [4.78, 5) is 34.5. The molecular formula is C11H18N4O4. The van der Waals surface area contributed by atoms with E-state index in [4.69, 9.17) is 16.1 Å². The van der Waals surface area contributed by atoms with Crippen LogP contribution in [0.3, 0.4) is 0 Å². The van der Waals surface area contributed by atoms with Gasteiger partial charge in [-0.3, -0.25) is 4.79 Å². The van der Waals surface area contributed by atoms with Gasteiger partial charge in [0.1, 0.15) is 6.04 Å². The van der Waals surface area contributed by atoms with Gasteiger partial charge in [-0.2, -0.15) is 5.26 Å². The third-order valence-corrected chi connectivity index (χ3v) is 2.64. The summed E-state index contributed by atoms with van der Waals surface area (Å²) >= 11 is 0. The van der Waals surface area contributed by atoms with Crippen molar-refractivity contribution in [2.75, 3.05) is 7.05 Å². The Bertz CT molecular complexity index is 391. The van der Waals surface area contributed by atoms with E-state index in [0.717, 1.165) is 0 Å². The molecule has 0 aromatic heterocycles. The maximum Gasteiger partial charge on any atom is 0.326 e. The van der Waals surface area contributed by atoms with E-state index >= 15 is 0 Å². The minimum atomic E-state index is -1.24. The first-order valence-electron chi connectivity index (χ1n) is 5.71. The van der Waals surface area contributed by atoms with Gasteiger partial charge in [-0.25, -0.2) is 9.59 Å². The van der Waals surface area contributed by atoms with Gasteiger partial charge < -0.3 is 21.1 Å². The molecule has 0 spiro atoms. The maximum absolute atomic E-state index is 11.7. The third kappa shape index (κ3) is 6.26. The Hall–Kier alpha value is -2.30. The first kappa shape index (κ1) is 16.7. The number of carbonyl (C=O) groups excluding carboxylic acids is 2. The normalized spacial score (nSPS) is 12.9. The van der Waals surface area contributed by atoms with Crippen molar-refractivity contribution in [2.45, 2.75) is 38.3 Å². The van der Waals surface area contributed by atoms with Gasteiger partial charge in [0.15, 0.2) is 0 Å². The second kappa shape index (κ2) is 7.92. The monoisotopic (exact) mass is 270 g/mol. The number of nitrogens with zero attached hydrogens (tertiary/aromatic N) is 2. The summed E-state index contributed by atoms with van der Waals surface area (Å²) in [7, 11) is 1.46. The first-order chi connectivity index (χ1) is 8.79. The lowest BCUT2D eigenvalue weighted by atomic mass is 10.1. The van der Waals surface area contributed by atoms with Crippen molar-refractivity contribution in [3.63, 3.8) is 0 Å². The van der Waals surface area contributed by atoms with E-state index < -0.39 is 23.9 Å².